The van der Waals surface area contributed by atoms with E-state index in [4.69, 9.17) is 9.47 Å². The minimum absolute atomic E-state index is 0.0244. The van der Waals surface area contributed by atoms with Crippen LogP contribution >= 0.6 is 0 Å². The zero-order chi connectivity index (χ0) is 27.7. The number of carbonyl (C=O) groups excluding carboxylic acids is 2. The molecule has 208 valence electrons. The molecule has 0 unspecified atom stereocenters. The number of hydrogen-bond donors (Lipinski definition) is 2. The molecule has 4 heterocycles. The topological polar surface area (TPSA) is 144 Å². The molecule has 1 aliphatic carbocycles. The van der Waals surface area contributed by atoms with Crippen molar-refractivity contribution in [3.8, 4) is 0 Å². The van der Waals surface area contributed by atoms with Gasteiger partial charge in [0.1, 0.15) is 17.4 Å². The Bertz CT molecular complexity index is 1400. The summed E-state index contributed by atoms with van der Waals surface area (Å²) in [6.45, 7) is 8.38. The Labute approximate surface area is 226 Å². The van der Waals surface area contributed by atoms with Gasteiger partial charge in [0, 0.05) is 37.7 Å². The van der Waals surface area contributed by atoms with Crippen molar-refractivity contribution >= 4 is 23.4 Å². The monoisotopic (exact) mass is 537 g/mol. The Balaban J connectivity index is 1.27. The summed E-state index contributed by atoms with van der Waals surface area (Å²) in [6.07, 6.45) is 5.74. The number of hydrogen-bond acceptors (Lipinski definition) is 8. The number of nitrogens with one attached hydrogen (secondary N) is 2. The van der Waals surface area contributed by atoms with E-state index in [1.165, 1.54) is 0 Å². The van der Waals surface area contributed by atoms with Crippen molar-refractivity contribution in [2.45, 2.75) is 77.2 Å². The van der Waals surface area contributed by atoms with Crippen molar-refractivity contribution in [1.29, 1.82) is 0 Å². The number of fused-ring (bicyclic) bond motifs is 2. The lowest BCUT2D eigenvalue weighted by molar-refractivity contribution is 0.0465. The normalized spacial score (nSPS) is 22.2. The van der Waals surface area contributed by atoms with Gasteiger partial charge in [0.25, 0.3) is 0 Å². The average Bonchev–Trinajstić information content (AvgIpc) is 3.17. The van der Waals surface area contributed by atoms with Gasteiger partial charge in [0.2, 0.25) is 0 Å². The van der Waals surface area contributed by atoms with Crippen LogP contribution in [-0.4, -0.2) is 60.3 Å². The number of aromatic nitrogens is 5. The van der Waals surface area contributed by atoms with Crippen LogP contribution in [0.25, 0.3) is 11.2 Å². The van der Waals surface area contributed by atoms with Crippen molar-refractivity contribution in [2.24, 2.45) is 5.92 Å². The number of pyridine rings is 1. The van der Waals surface area contributed by atoms with E-state index in [-0.39, 0.29) is 17.6 Å². The van der Waals surface area contributed by atoms with E-state index in [0.717, 1.165) is 5.52 Å². The molecule has 0 aromatic carbocycles. The molecule has 0 radical (unpaired) electrons. The van der Waals surface area contributed by atoms with Crippen LogP contribution < -0.4 is 11.0 Å². The van der Waals surface area contributed by atoms with Crippen LogP contribution in [0.3, 0.4) is 0 Å². The fraction of sp³-hybridized carbons (Fsp3) is 0.556. The molecule has 39 heavy (non-hydrogen) atoms. The smallest absolute Gasteiger partial charge is 0.410 e. The van der Waals surface area contributed by atoms with Gasteiger partial charge in [-0.2, -0.15) is 0 Å². The maximum atomic E-state index is 13.2. The van der Waals surface area contributed by atoms with Gasteiger partial charge in [-0.15, -0.1) is 0 Å². The molecule has 0 bridgehead atoms. The summed E-state index contributed by atoms with van der Waals surface area (Å²) in [4.78, 5) is 56.1. The third-order valence-corrected chi connectivity index (χ3v) is 7.30. The Morgan fingerprint density at radius 1 is 1.03 bits per heavy atom. The third kappa shape index (κ3) is 5.74. The first-order valence-electron chi connectivity index (χ1n) is 13.4. The maximum Gasteiger partial charge on any atom is 0.410 e. The molecule has 12 nitrogen and oxygen atoms in total. The number of aromatic amines is 1. The Morgan fingerprint density at radius 2 is 1.74 bits per heavy atom. The zero-order valence-corrected chi connectivity index (χ0v) is 22.7. The van der Waals surface area contributed by atoms with Crippen LogP contribution in [0, 0.1) is 5.92 Å². The van der Waals surface area contributed by atoms with Crippen molar-refractivity contribution in [2.75, 3.05) is 13.1 Å². The highest BCUT2D eigenvalue weighted by atomic mass is 16.6. The van der Waals surface area contributed by atoms with Crippen molar-refractivity contribution in [3.05, 3.63) is 52.6 Å². The maximum absolute atomic E-state index is 13.2. The van der Waals surface area contributed by atoms with Crippen molar-refractivity contribution < 1.29 is 19.1 Å². The number of likely N-dealkylation sites (tertiary alicyclic amines) is 1. The van der Waals surface area contributed by atoms with Crippen LogP contribution in [0.4, 0.5) is 9.59 Å². The molecule has 2 amide bonds. The zero-order valence-electron chi connectivity index (χ0n) is 22.7. The second-order valence-corrected chi connectivity index (χ2v) is 11.3. The van der Waals surface area contributed by atoms with E-state index < -0.39 is 29.9 Å². The molecular weight excluding hydrogens is 502 g/mol. The van der Waals surface area contributed by atoms with Crippen LogP contribution in [0.2, 0.25) is 0 Å². The van der Waals surface area contributed by atoms with E-state index in [1.54, 1.807) is 34.1 Å². The van der Waals surface area contributed by atoms with Gasteiger partial charge in [0.15, 0.2) is 5.65 Å². The van der Waals surface area contributed by atoms with E-state index >= 15 is 0 Å². The van der Waals surface area contributed by atoms with Crippen molar-refractivity contribution in [3.63, 3.8) is 0 Å². The largest absolute Gasteiger partial charge is 0.444 e. The summed E-state index contributed by atoms with van der Waals surface area (Å²) in [5.41, 5.74) is 1.63. The molecule has 12 heteroatoms. The first-order chi connectivity index (χ1) is 18.6. The van der Waals surface area contributed by atoms with E-state index in [1.807, 2.05) is 33.8 Å². The highest BCUT2D eigenvalue weighted by Gasteiger charge is 2.36. The quantitative estimate of drug-likeness (QED) is 0.477. The highest BCUT2D eigenvalue weighted by molar-refractivity contribution is 5.71. The van der Waals surface area contributed by atoms with Crippen LogP contribution in [0.5, 0.6) is 0 Å². The number of rotatable bonds is 3. The molecular formula is C27H35N7O5. The molecule has 1 fully saturated rings. The van der Waals surface area contributed by atoms with E-state index in [0.29, 0.717) is 55.8 Å². The fourth-order valence-corrected chi connectivity index (χ4v) is 5.42. The molecule has 3 atom stereocenters. The number of carbonyl (C=O) groups is 2. The molecule has 2 aliphatic rings. The van der Waals surface area contributed by atoms with Crippen LogP contribution in [-0.2, 0) is 9.47 Å². The van der Waals surface area contributed by atoms with Gasteiger partial charge < -0.3 is 19.7 Å². The molecule has 2 N–H and O–H groups in total. The Morgan fingerprint density at radius 3 is 2.46 bits per heavy atom. The third-order valence-electron chi connectivity index (χ3n) is 7.30. The minimum atomic E-state index is -0.631. The SMILES string of the molecule is C[C@@H]1CC[C@@H](OC(=O)N2CCC(n3c(=O)[nH]c4ncccc43)CC2)c2nccnc2[C@H]1NC(=O)OC(C)(C)C. The predicted octanol–water partition coefficient (Wildman–Crippen LogP) is 4.03. The second-order valence-electron chi connectivity index (χ2n) is 11.3. The lowest BCUT2D eigenvalue weighted by Crippen LogP contribution is -2.41. The fourth-order valence-electron chi connectivity index (χ4n) is 5.42. The molecule has 0 saturated carbocycles. The van der Waals surface area contributed by atoms with Crippen molar-refractivity contribution in [1.82, 2.24) is 34.7 Å². The van der Waals surface area contributed by atoms with Gasteiger partial charge in [-0.1, -0.05) is 6.92 Å². The number of H-pyrrole nitrogens is 1. The summed E-state index contributed by atoms with van der Waals surface area (Å²) in [5, 5.41) is 2.94. The summed E-state index contributed by atoms with van der Waals surface area (Å²) in [7, 11) is 0. The summed E-state index contributed by atoms with van der Waals surface area (Å²) < 4.78 is 13.2. The molecule has 3 aromatic heterocycles. The standard InChI is InChI=1S/C27H35N7O5/c1-16-7-8-19(21-22(29-13-12-28-21)20(16)31-25(36)39-27(2,3)4)38-26(37)33-14-9-17(10-15-33)34-18-6-5-11-30-23(18)32-24(34)35/h5-6,11-13,16-17,19-20H,7-10,14-15H2,1-4H3,(H,31,36)(H,30,32,35)/t16-,19-,20+/m1/s1. The molecule has 1 aliphatic heterocycles. The minimum Gasteiger partial charge on any atom is -0.444 e. The first kappa shape index (κ1) is 26.6. The molecule has 0 spiro atoms. The van der Waals surface area contributed by atoms with E-state index in [9.17, 15) is 14.4 Å². The number of nitrogens with zero attached hydrogens (tertiary/aromatic N) is 5. The second kappa shape index (κ2) is 10.7. The van der Waals surface area contributed by atoms with Gasteiger partial charge in [-0.3, -0.25) is 19.5 Å². The molecule has 5 rings (SSSR count). The number of ether oxygens (including phenoxy) is 2. The van der Waals surface area contributed by atoms with Crippen LogP contribution in [0.1, 0.15) is 83.0 Å². The average molecular weight is 538 g/mol. The lowest BCUT2D eigenvalue weighted by Gasteiger charge is -2.32. The highest BCUT2D eigenvalue weighted by Crippen LogP contribution is 2.38. The summed E-state index contributed by atoms with van der Waals surface area (Å²) in [6, 6.07) is 3.22. The first-order valence-corrected chi connectivity index (χ1v) is 13.4. The van der Waals surface area contributed by atoms with Gasteiger partial charge in [0.05, 0.1) is 17.3 Å². The van der Waals surface area contributed by atoms with Gasteiger partial charge in [-0.25, -0.2) is 19.4 Å². The molecule has 3 aromatic rings. The van der Waals surface area contributed by atoms with E-state index in [2.05, 4.69) is 25.3 Å². The number of alkyl carbamates (subject to hydrolysis) is 1. The summed E-state index contributed by atoms with van der Waals surface area (Å²) >= 11 is 0. The summed E-state index contributed by atoms with van der Waals surface area (Å²) in [5.74, 6) is 0.0244. The number of imidazole rings is 1. The lowest BCUT2D eigenvalue weighted by atomic mass is 9.96. The molecule has 1 saturated heterocycles. The van der Waals surface area contributed by atoms with Crippen LogP contribution in [0.15, 0.2) is 35.5 Å². The van der Waals surface area contributed by atoms with Gasteiger partial charge >= 0.3 is 17.9 Å². The number of piperidine rings is 1. The predicted molar refractivity (Wildman–Crippen MR) is 142 cm³/mol. The Hall–Kier alpha value is -3.96. The van der Waals surface area contributed by atoms with Gasteiger partial charge in [-0.05, 0) is 64.5 Å². The Kier molecular flexibility index (Phi) is 7.28. The number of amides is 2.